The lowest BCUT2D eigenvalue weighted by molar-refractivity contribution is -0.141. The number of nitrogens with zero attached hydrogens (tertiary/aromatic N) is 6. The van der Waals surface area contributed by atoms with Crippen LogP contribution in [0.2, 0.25) is 0 Å². The molecule has 0 saturated carbocycles. The van der Waals surface area contributed by atoms with Crippen molar-refractivity contribution in [2.45, 2.75) is 32.5 Å². The Kier molecular flexibility index (Phi) is 4.90. The molecule has 27 heavy (non-hydrogen) atoms. The minimum absolute atomic E-state index is 0.0716. The number of hydrogen-bond acceptors (Lipinski definition) is 5. The van der Waals surface area contributed by atoms with Gasteiger partial charge < -0.3 is 5.32 Å². The first-order chi connectivity index (χ1) is 12.6. The lowest BCUT2D eigenvalue weighted by Crippen LogP contribution is -2.21. The van der Waals surface area contributed by atoms with Crippen LogP contribution >= 0.6 is 0 Å². The van der Waals surface area contributed by atoms with Crippen molar-refractivity contribution < 1.29 is 13.2 Å². The second-order valence-corrected chi connectivity index (χ2v) is 6.53. The molecule has 3 aromatic heterocycles. The predicted molar refractivity (Wildman–Crippen MR) is 94.0 cm³/mol. The fourth-order valence-electron chi connectivity index (χ4n) is 2.81. The van der Waals surface area contributed by atoms with Crippen molar-refractivity contribution in [3.63, 3.8) is 0 Å². The second kappa shape index (κ2) is 7.01. The summed E-state index contributed by atoms with van der Waals surface area (Å²) in [5.41, 5.74) is 1.55. The van der Waals surface area contributed by atoms with Crippen LogP contribution in [0.15, 0.2) is 24.7 Å². The summed E-state index contributed by atoms with van der Waals surface area (Å²) in [6.45, 7) is 3.75. The molecule has 0 bridgehead atoms. The van der Waals surface area contributed by atoms with Gasteiger partial charge in [0, 0.05) is 38.1 Å². The number of halogens is 3. The number of anilines is 1. The molecule has 10 heteroatoms. The summed E-state index contributed by atoms with van der Waals surface area (Å²) >= 11 is 0. The molecule has 0 aliphatic rings. The van der Waals surface area contributed by atoms with Crippen molar-refractivity contribution in [1.82, 2.24) is 29.5 Å². The van der Waals surface area contributed by atoms with Crippen LogP contribution in [0.5, 0.6) is 0 Å². The van der Waals surface area contributed by atoms with Crippen molar-refractivity contribution in [3.05, 3.63) is 41.6 Å². The van der Waals surface area contributed by atoms with Gasteiger partial charge in [-0.15, -0.1) is 0 Å². The van der Waals surface area contributed by atoms with E-state index in [0.717, 1.165) is 17.3 Å². The number of alkyl halides is 3. The molecule has 3 rings (SSSR count). The van der Waals surface area contributed by atoms with E-state index in [2.05, 4.69) is 25.5 Å². The molecule has 0 aliphatic heterocycles. The van der Waals surface area contributed by atoms with Crippen LogP contribution in [-0.4, -0.2) is 35.6 Å². The highest BCUT2D eigenvalue weighted by molar-refractivity contribution is 5.59. The van der Waals surface area contributed by atoms with Crippen LogP contribution in [0.25, 0.3) is 11.3 Å². The molecule has 0 radical (unpaired) electrons. The zero-order valence-corrected chi connectivity index (χ0v) is 15.4. The maximum atomic E-state index is 13.3. The van der Waals surface area contributed by atoms with E-state index in [4.69, 9.17) is 0 Å². The first-order valence-corrected chi connectivity index (χ1v) is 8.33. The summed E-state index contributed by atoms with van der Waals surface area (Å²) < 4.78 is 43.0. The monoisotopic (exact) mass is 379 g/mol. The Bertz CT molecular complexity index is 942. The number of rotatable bonds is 5. The fraction of sp³-hybridized carbons (Fsp3) is 0.412. The minimum atomic E-state index is -4.57. The highest BCUT2D eigenvalue weighted by atomic mass is 19.4. The van der Waals surface area contributed by atoms with Crippen LogP contribution in [0.4, 0.5) is 19.1 Å². The molecule has 0 aliphatic carbocycles. The van der Waals surface area contributed by atoms with Gasteiger partial charge in [-0.05, 0) is 31.9 Å². The lowest BCUT2D eigenvalue weighted by atomic mass is 10.1. The van der Waals surface area contributed by atoms with E-state index in [1.807, 2.05) is 27.1 Å². The lowest BCUT2D eigenvalue weighted by Gasteiger charge is -2.16. The topological polar surface area (TPSA) is 73.5 Å². The van der Waals surface area contributed by atoms with E-state index < -0.39 is 11.9 Å². The van der Waals surface area contributed by atoms with Gasteiger partial charge >= 0.3 is 6.18 Å². The van der Waals surface area contributed by atoms with Gasteiger partial charge in [0.05, 0.1) is 17.6 Å². The summed E-state index contributed by atoms with van der Waals surface area (Å²) in [5.74, 6) is -0.0716. The molecule has 1 atom stereocenters. The van der Waals surface area contributed by atoms with Crippen molar-refractivity contribution >= 4 is 5.95 Å². The summed E-state index contributed by atoms with van der Waals surface area (Å²) in [4.78, 5) is 7.89. The standard InChI is InChI=1S/C17H20F3N7/c1-10(5-12-8-27(4)25-11(12)2)22-16-23-14(13-7-21-26(3)9-13)6-15(24-16)17(18,19)20/h6-10H,5H2,1-4H3,(H,22,23,24)/t10-/m1/s1. The van der Waals surface area contributed by atoms with Gasteiger partial charge in [-0.1, -0.05) is 0 Å². The molecule has 0 unspecified atom stereocenters. The summed E-state index contributed by atoms with van der Waals surface area (Å²) in [6.07, 6.45) is 0.978. The van der Waals surface area contributed by atoms with Crippen LogP contribution in [0.3, 0.4) is 0 Å². The van der Waals surface area contributed by atoms with Gasteiger partial charge in [-0.3, -0.25) is 9.36 Å². The third-order valence-electron chi connectivity index (χ3n) is 4.03. The van der Waals surface area contributed by atoms with E-state index in [1.165, 1.54) is 10.9 Å². The third kappa shape index (κ3) is 4.44. The molecule has 0 amide bonds. The summed E-state index contributed by atoms with van der Waals surface area (Å²) in [6, 6.07) is 0.746. The highest BCUT2D eigenvalue weighted by Gasteiger charge is 2.34. The number of aryl methyl sites for hydroxylation is 3. The van der Waals surface area contributed by atoms with Gasteiger partial charge in [0.25, 0.3) is 0 Å². The van der Waals surface area contributed by atoms with Gasteiger partial charge in [-0.2, -0.15) is 23.4 Å². The van der Waals surface area contributed by atoms with Gasteiger partial charge in [0.2, 0.25) is 5.95 Å². The smallest absolute Gasteiger partial charge is 0.351 e. The first-order valence-electron chi connectivity index (χ1n) is 8.33. The second-order valence-electron chi connectivity index (χ2n) is 6.53. The van der Waals surface area contributed by atoms with Gasteiger partial charge in [-0.25, -0.2) is 9.97 Å². The molecule has 3 heterocycles. The van der Waals surface area contributed by atoms with Crippen LogP contribution < -0.4 is 5.32 Å². The molecule has 0 fully saturated rings. The minimum Gasteiger partial charge on any atom is -0.351 e. The van der Waals surface area contributed by atoms with Gasteiger partial charge in [0.1, 0.15) is 0 Å². The largest absolute Gasteiger partial charge is 0.433 e. The van der Waals surface area contributed by atoms with Crippen LogP contribution in [-0.2, 0) is 26.7 Å². The average molecular weight is 379 g/mol. The van der Waals surface area contributed by atoms with Crippen molar-refractivity contribution in [2.24, 2.45) is 14.1 Å². The van der Waals surface area contributed by atoms with E-state index in [-0.39, 0.29) is 17.7 Å². The molecular formula is C17H20F3N7. The summed E-state index contributed by atoms with van der Waals surface area (Å²) in [7, 11) is 3.51. The maximum Gasteiger partial charge on any atom is 0.433 e. The van der Waals surface area contributed by atoms with Gasteiger partial charge in [0.15, 0.2) is 5.69 Å². The first kappa shape index (κ1) is 18.9. The van der Waals surface area contributed by atoms with E-state index in [1.54, 1.807) is 17.9 Å². The maximum absolute atomic E-state index is 13.3. The molecular weight excluding hydrogens is 359 g/mol. The third-order valence-corrected chi connectivity index (χ3v) is 4.03. The quantitative estimate of drug-likeness (QED) is 0.738. The van der Waals surface area contributed by atoms with Crippen molar-refractivity contribution in [1.29, 1.82) is 0 Å². The van der Waals surface area contributed by atoms with E-state index >= 15 is 0 Å². The molecule has 0 spiro atoms. The highest BCUT2D eigenvalue weighted by Crippen LogP contribution is 2.31. The fourth-order valence-corrected chi connectivity index (χ4v) is 2.81. The molecule has 7 nitrogen and oxygen atoms in total. The van der Waals surface area contributed by atoms with Crippen molar-refractivity contribution in [2.75, 3.05) is 5.32 Å². The Hall–Kier alpha value is -2.91. The molecule has 3 aromatic rings. The zero-order valence-electron chi connectivity index (χ0n) is 15.4. The predicted octanol–water partition coefficient (Wildman–Crippen LogP) is 2.98. The van der Waals surface area contributed by atoms with Crippen LogP contribution in [0, 0.1) is 6.92 Å². The Balaban J connectivity index is 1.88. The number of hydrogen-bond donors (Lipinski definition) is 1. The Morgan fingerprint density at radius 2 is 1.89 bits per heavy atom. The normalized spacial score (nSPS) is 13.0. The zero-order chi connectivity index (χ0) is 19.8. The molecule has 0 saturated heterocycles. The SMILES string of the molecule is Cc1nn(C)cc1C[C@@H](C)Nc1nc(-c2cnn(C)c2)cc(C(F)(F)F)n1. The summed E-state index contributed by atoms with van der Waals surface area (Å²) in [5, 5.41) is 11.2. The average Bonchev–Trinajstić information content (AvgIpc) is 3.11. The Morgan fingerprint density at radius 1 is 1.15 bits per heavy atom. The molecule has 1 N–H and O–H groups in total. The molecule has 0 aromatic carbocycles. The van der Waals surface area contributed by atoms with E-state index in [0.29, 0.717) is 12.0 Å². The van der Waals surface area contributed by atoms with E-state index in [9.17, 15) is 13.2 Å². The number of aromatic nitrogens is 6. The molecule has 144 valence electrons. The Morgan fingerprint density at radius 3 is 2.44 bits per heavy atom. The number of nitrogens with one attached hydrogen (secondary N) is 1. The van der Waals surface area contributed by atoms with Crippen molar-refractivity contribution in [3.8, 4) is 11.3 Å². The Labute approximate surface area is 154 Å². The van der Waals surface area contributed by atoms with Crippen LogP contribution in [0.1, 0.15) is 23.9 Å².